The second-order valence-corrected chi connectivity index (χ2v) is 7.13. The second-order valence-electron chi connectivity index (χ2n) is 4.99. The Bertz CT molecular complexity index is 489. The second kappa shape index (κ2) is 4.29. The van der Waals surface area contributed by atoms with Crippen LogP contribution in [0.2, 0.25) is 0 Å². The first kappa shape index (κ1) is 12.4. The van der Waals surface area contributed by atoms with Gasteiger partial charge in [-0.15, -0.1) is 0 Å². The molecular weight excluding hydrogens is 238 g/mol. The minimum atomic E-state index is -2.93. The van der Waals surface area contributed by atoms with Gasteiger partial charge in [0.05, 0.1) is 18.6 Å². The van der Waals surface area contributed by atoms with E-state index < -0.39 is 9.84 Å². The molecule has 17 heavy (non-hydrogen) atoms. The highest BCUT2D eigenvalue weighted by atomic mass is 32.2. The number of sulfone groups is 1. The molecule has 2 rings (SSSR count). The topological polar surface area (TPSA) is 56.3 Å². The maximum absolute atomic E-state index is 11.3. The van der Waals surface area contributed by atoms with Gasteiger partial charge in [0.25, 0.3) is 0 Å². The molecule has 0 atom stereocenters. The molecule has 94 valence electrons. The van der Waals surface area contributed by atoms with Crippen LogP contribution >= 0.6 is 0 Å². The molecule has 1 aliphatic rings. The molecule has 0 N–H and O–H groups in total. The standard InChI is InChI=1S/C12H17NO3S/c1-10-3-4-11(7-13-10)16-8-12(5-6-12)9-17(2,14)15/h3-4,7H,5-6,8-9H2,1-2H3. The summed E-state index contributed by atoms with van der Waals surface area (Å²) < 4.78 is 28.2. The van der Waals surface area contributed by atoms with E-state index in [1.54, 1.807) is 6.20 Å². The predicted octanol–water partition coefficient (Wildman–Crippen LogP) is 1.59. The molecule has 0 radical (unpaired) electrons. The summed E-state index contributed by atoms with van der Waals surface area (Å²) in [5.74, 6) is 0.926. The van der Waals surface area contributed by atoms with E-state index in [4.69, 9.17) is 4.74 Å². The zero-order chi connectivity index (χ0) is 12.5. The lowest BCUT2D eigenvalue weighted by Crippen LogP contribution is -2.22. The van der Waals surface area contributed by atoms with Crippen molar-refractivity contribution in [3.8, 4) is 5.75 Å². The van der Waals surface area contributed by atoms with Crippen molar-refractivity contribution in [1.82, 2.24) is 4.98 Å². The molecule has 0 unspecified atom stereocenters. The summed E-state index contributed by atoms with van der Waals surface area (Å²) in [6.07, 6.45) is 4.81. The Morgan fingerprint density at radius 3 is 2.59 bits per heavy atom. The van der Waals surface area contributed by atoms with E-state index in [1.807, 2.05) is 19.1 Å². The highest BCUT2D eigenvalue weighted by Gasteiger charge is 2.46. The fourth-order valence-corrected chi connectivity index (χ4v) is 3.32. The van der Waals surface area contributed by atoms with Crippen LogP contribution < -0.4 is 4.74 Å². The van der Waals surface area contributed by atoms with E-state index >= 15 is 0 Å². The average Bonchev–Trinajstić information content (AvgIpc) is 2.95. The zero-order valence-electron chi connectivity index (χ0n) is 10.1. The molecule has 1 saturated carbocycles. The Morgan fingerprint density at radius 2 is 2.12 bits per heavy atom. The number of nitrogens with zero attached hydrogens (tertiary/aromatic N) is 1. The molecule has 1 fully saturated rings. The van der Waals surface area contributed by atoms with Gasteiger partial charge >= 0.3 is 0 Å². The van der Waals surface area contributed by atoms with Gasteiger partial charge < -0.3 is 4.74 Å². The SMILES string of the molecule is Cc1ccc(OCC2(CS(C)(=O)=O)CC2)cn1. The third-order valence-corrected chi connectivity index (χ3v) is 4.09. The molecular formula is C12H17NO3S. The Morgan fingerprint density at radius 1 is 1.41 bits per heavy atom. The number of ether oxygens (including phenoxy) is 1. The van der Waals surface area contributed by atoms with Crippen LogP contribution in [0.25, 0.3) is 0 Å². The summed E-state index contributed by atoms with van der Waals surface area (Å²) in [6, 6.07) is 3.74. The lowest BCUT2D eigenvalue weighted by Gasteiger charge is -2.14. The van der Waals surface area contributed by atoms with Gasteiger partial charge in [0, 0.05) is 17.4 Å². The third-order valence-electron chi connectivity index (χ3n) is 2.95. The van der Waals surface area contributed by atoms with Gasteiger partial charge in [0.15, 0.2) is 0 Å². The third kappa shape index (κ3) is 3.70. The molecule has 1 aromatic heterocycles. The smallest absolute Gasteiger partial charge is 0.148 e. The van der Waals surface area contributed by atoms with Crippen molar-refractivity contribution in [1.29, 1.82) is 0 Å². The van der Waals surface area contributed by atoms with E-state index in [2.05, 4.69) is 4.98 Å². The normalized spacial score (nSPS) is 17.8. The van der Waals surface area contributed by atoms with Crippen LogP contribution in [0.15, 0.2) is 18.3 Å². The Labute approximate surface area is 102 Å². The number of pyridine rings is 1. The van der Waals surface area contributed by atoms with Crippen molar-refractivity contribution in [3.63, 3.8) is 0 Å². The molecule has 0 bridgehead atoms. The molecule has 1 heterocycles. The van der Waals surface area contributed by atoms with Crippen molar-refractivity contribution in [2.24, 2.45) is 5.41 Å². The minimum Gasteiger partial charge on any atom is -0.491 e. The van der Waals surface area contributed by atoms with Crippen molar-refractivity contribution in [2.75, 3.05) is 18.6 Å². The largest absolute Gasteiger partial charge is 0.491 e. The first-order valence-corrected chi connectivity index (χ1v) is 7.68. The van der Waals surface area contributed by atoms with Gasteiger partial charge in [-0.1, -0.05) is 0 Å². The number of rotatable bonds is 5. The molecule has 0 amide bonds. The van der Waals surface area contributed by atoms with Crippen LogP contribution in [0.1, 0.15) is 18.5 Å². The first-order chi connectivity index (χ1) is 7.89. The molecule has 0 aliphatic heterocycles. The van der Waals surface area contributed by atoms with Gasteiger partial charge in [0.2, 0.25) is 0 Å². The summed E-state index contributed by atoms with van der Waals surface area (Å²) in [7, 11) is -2.93. The number of aromatic nitrogens is 1. The number of hydrogen-bond donors (Lipinski definition) is 0. The van der Waals surface area contributed by atoms with Crippen LogP contribution in [0.4, 0.5) is 0 Å². The Kier molecular flexibility index (Phi) is 3.12. The van der Waals surface area contributed by atoms with Gasteiger partial charge in [-0.05, 0) is 31.9 Å². The predicted molar refractivity (Wildman–Crippen MR) is 65.8 cm³/mol. The van der Waals surface area contributed by atoms with Crippen LogP contribution in [0, 0.1) is 12.3 Å². The summed E-state index contributed by atoms with van der Waals surface area (Å²) in [4.78, 5) is 4.13. The van der Waals surface area contributed by atoms with Gasteiger partial charge in [-0.2, -0.15) is 0 Å². The van der Waals surface area contributed by atoms with Gasteiger partial charge in [-0.3, -0.25) is 4.98 Å². The fraction of sp³-hybridized carbons (Fsp3) is 0.583. The van der Waals surface area contributed by atoms with E-state index in [1.165, 1.54) is 6.26 Å². The summed E-state index contributed by atoms with van der Waals surface area (Å²) in [5.41, 5.74) is 0.785. The van der Waals surface area contributed by atoms with Crippen LogP contribution in [0.5, 0.6) is 5.75 Å². The molecule has 1 aromatic rings. The van der Waals surface area contributed by atoms with Crippen LogP contribution in [-0.4, -0.2) is 32.0 Å². The highest BCUT2D eigenvalue weighted by Crippen LogP contribution is 2.46. The number of aryl methyl sites for hydroxylation is 1. The highest BCUT2D eigenvalue weighted by molar-refractivity contribution is 7.90. The van der Waals surface area contributed by atoms with E-state index in [9.17, 15) is 8.42 Å². The van der Waals surface area contributed by atoms with Crippen LogP contribution in [0.3, 0.4) is 0 Å². The molecule has 5 heteroatoms. The monoisotopic (exact) mass is 255 g/mol. The molecule has 4 nitrogen and oxygen atoms in total. The van der Waals surface area contributed by atoms with E-state index in [0.29, 0.717) is 12.4 Å². The first-order valence-electron chi connectivity index (χ1n) is 5.62. The Balaban J connectivity index is 1.92. The quantitative estimate of drug-likeness (QED) is 0.802. The molecule has 1 aliphatic carbocycles. The van der Waals surface area contributed by atoms with Crippen molar-refractivity contribution in [3.05, 3.63) is 24.0 Å². The van der Waals surface area contributed by atoms with E-state index in [-0.39, 0.29) is 11.2 Å². The number of hydrogen-bond acceptors (Lipinski definition) is 4. The zero-order valence-corrected chi connectivity index (χ0v) is 11.0. The minimum absolute atomic E-state index is 0.154. The van der Waals surface area contributed by atoms with Gasteiger partial charge in [-0.25, -0.2) is 8.42 Å². The fourth-order valence-electron chi connectivity index (χ4n) is 1.84. The van der Waals surface area contributed by atoms with Gasteiger partial charge in [0.1, 0.15) is 15.6 Å². The summed E-state index contributed by atoms with van der Waals surface area (Å²) in [6.45, 7) is 2.38. The Hall–Kier alpha value is -1.10. The maximum atomic E-state index is 11.3. The maximum Gasteiger partial charge on any atom is 0.148 e. The van der Waals surface area contributed by atoms with Crippen molar-refractivity contribution in [2.45, 2.75) is 19.8 Å². The molecule has 0 spiro atoms. The lowest BCUT2D eigenvalue weighted by atomic mass is 10.2. The molecule has 0 saturated heterocycles. The average molecular weight is 255 g/mol. The summed E-state index contributed by atoms with van der Waals surface area (Å²) >= 11 is 0. The summed E-state index contributed by atoms with van der Waals surface area (Å²) in [5, 5.41) is 0. The van der Waals surface area contributed by atoms with E-state index in [0.717, 1.165) is 18.5 Å². The lowest BCUT2D eigenvalue weighted by molar-refractivity contribution is 0.248. The van der Waals surface area contributed by atoms with Crippen molar-refractivity contribution < 1.29 is 13.2 Å². The molecule has 0 aromatic carbocycles. The van der Waals surface area contributed by atoms with Crippen LogP contribution in [-0.2, 0) is 9.84 Å². The van der Waals surface area contributed by atoms with Crippen molar-refractivity contribution >= 4 is 9.84 Å².